The number of carbonyl (C=O) groups is 1. The number of nitrogens with zero attached hydrogens (tertiary/aromatic N) is 1. The van der Waals surface area contributed by atoms with Gasteiger partial charge in [-0.1, -0.05) is 37.9 Å². The molecule has 1 atom stereocenters. The van der Waals surface area contributed by atoms with E-state index < -0.39 is 0 Å². The zero-order valence-electron chi connectivity index (χ0n) is 12.1. The van der Waals surface area contributed by atoms with Gasteiger partial charge in [-0.05, 0) is 53.4 Å². The smallest absolute Gasteiger partial charge is 0.210 e. The lowest BCUT2D eigenvalue weighted by Crippen LogP contribution is -2.35. The van der Waals surface area contributed by atoms with Crippen LogP contribution in [0.3, 0.4) is 0 Å². The summed E-state index contributed by atoms with van der Waals surface area (Å²) in [6, 6.07) is 12.1. The molecule has 114 valence electrons. The lowest BCUT2D eigenvalue weighted by Gasteiger charge is -2.35. The average molecular weight is 425 g/mol. The van der Waals surface area contributed by atoms with Crippen molar-refractivity contribution in [3.63, 3.8) is 0 Å². The van der Waals surface area contributed by atoms with Crippen LogP contribution in [-0.2, 0) is 11.2 Å². The SMILES string of the molecule is COc1ccc2c(c1)CCN(C=O)C2c1cc(Br)cc(Br)c1. The number of amides is 1. The Labute approximate surface area is 146 Å². The molecule has 0 fully saturated rings. The Morgan fingerprint density at radius 3 is 2.55 bits per heavy atom. The van der Waals surface area contributed by atoms with Crippen LogP contribution in [0.4, 0.5) is 0 Å². The molecule has 0 spiro atoms. The third-order valence-corrected chi connectivity index (χ3v) is 4.87. The second-order valence-corrected chi connectivity index (χ2v) is 7.09. The van der Waals surface area contributed by atoms with E-state index in [-0.39, 0.29) is 6.04 Å². The van der Waals surface area contributed by atoms with Crippen LogP contribution in [0.1, 0.15) is 22.7 Å². The van der Waals surface area contributed by atoms with E-state index in [1.54, 1.807) is 7.11 Å². The van der Waals surface area contributed by atoms with Crippen molar-refractivity contribution in [2.24, 2.45) is 0 Å². The predicted octanol–water partition coefficient (Wildman–Crippen LogP) is 4.32. The Balaban J connectivity index is 2.13. The van der Waals surface area contributed by atoms with Crippen LogP contribution in [0.25, 0.3) is 0 Å². The summed E-state index contributed by atoms with van der Waals surface area (Å²) >= 11 is 7.05. The second kappa shape index (κ2) is 6.42. The van der Waals surface area contributed by atoms with Crippen molar-refractivity contribution in [2.45, 2.75) is 12.5 Å². The predicted molar refractivity (Wildman–Crippen MR) is 93.2 cm³/mol. The van der Waals surface area contributed by atoms with E-state index in [1.165, 1.54) is 5.56 Å². The Morgan fingerprint density at radius 1 is 1.18 bits per heavy atom. The molecule has 2 aromatic rings. The van der Waals surface area contributed by atoms with Crippen LogP contribution >= 0.6 is 31.9 Å². The van der Waals surface area contributed by atoms with Crippen LogP contribution in [0, 0.1) is 0 Å². The van der Waals surface area contributed by atoms with Crippen LogP contribution in [0.5, 0.6) is 5.75 Å². The zero-order chi connectivity index (χ0) is 15.7. The Bertz CT molecular complexity index is 698. The first-order valence-corrected chi connectivity index (χ1v) is 8.55. The molecule has 1 aliphatic rings. The fraction of sp³-hybridized carbons (Fsp3) is 0.235. The van der Waals surface area contributed by atoms with Gasteiger partial charge < -0.3 is 9.64 Å². The van der Waals surface area contributed by atoms with Crippen molar-refractivity contribution in [1.82, 2.24) is 4.90 Å². The monoisotopic (exact) mass is 423 g/mol. The summed E-state index contributed by atoms with van der Waals surface area (Å²) in [5, 5.41) is 0. The minimum atomic E-state index is -0.0686. The van der Waals surface area contributed by atoms with Gasteiger partial charge in [0.1, 0.15) is 5.75 Å². The summed E-state index contributed by atoms with van der Waals surface area (Å²) < 4.78 is 7.29. The van der Waals surface area contributed by atoms with Crippen molar-refractivity contribution in [3.8, 4) is 5.75 Å². The van der Waals surface area contributed by atoms with Crippen LogP contribution in [-0.4, -0.2) is 25.0 Å². The summed E-state index contributed by atoms with van der Waals surface area (Å²) in [6.45, 7) is 0.707. The fourth-order valence-corrected chi connectivity index (χ4v) is 4.30. The molecule has 1 aliphatic heterocycles. The fourth-order valence-electron chi connectivity index (χ4n) is 2.97. The van der Waals surface area contributed by atoms with Crippen LogP contribution < -0.4 is 4.74 Å². The Hall–Kier alpha value is -1.33. The molecule has 22 heavy (non-hydrogen) atoms. The van der Waals surface area contributed by atoms with Crippen molar-refractivity contribution in [3.05, 3.63) is 62.0 Å². The summed E-state index contributed by atoms with van der Waals surface area (Å²) in [6.07, 6.45) is 1.78. The van der Waals surface area contributed by atoms with E-state index in [4.69, 9.17) is 4.74 Å². The molecule has 0 bridgehead atoms. The molecule has 0 N–H and O–H groups in total. The molecule has 0 radical (unpaired) electrons. The van der Waals surface area contributed by atoms with E-state index in [2.05, 4.69) is 56.1 Å². The first kappa shape index (κ1) is 15.6. The lowest BCUT2D eigenvalue weighted by atomic mass is 9.88. The van der Waals surface area contributed by atoms with E-state index >= 15 is 0 Å². The molecule has 0 saturated carbocycles. The van der Waals surface area contributed by atoms with Crippen molar-refractivity contribution >= 4 is 38.3 Å². The van der Waals surface area contributed by atoms with E-state index in [0.717, 1.165) is 38.7 Å². The van der Waals surface area contributed by atoms with Crippen molar-refractivity contribution in [2.75, 3.05) is 13.7 Å². The van der Waals surface area contributed by atoms with Gasteiger partial charge in [-0.2, -0.15) is 0 Å². The number of halogens is 2. The summed E-state index contributed by atoms with van der Waals surface area (Å²) in [4.78, 5) is 13.4. The zero-order valence-corrected chi connectivity index (χ0v) is 15.2. The first-order valence-electron chi connectivity index (χ1n) is 6.96. The summed E-state index contributed by atoms with van der Waals surface area (Å²) in [5.41, 5.74) is 3.47. The average Bonchev–Trinajstić information content (AvgIpc) is 2.52. The molecule has 3 rings (SSSR count). The topological polar surface area (TPSA) is 29.5 Å². The van der Waals surface area contributed by atoms with E-state index in [1.807, 2.05) is 17.0 Å². The molecule has 0 aromatic heterocycles. The maximum atomic E-state index is 11.5. The molecule has 0 saturated heterocycles. The lowest BCUT2D eigenvalue weighted by molar-refractivity contribution is -0.119. The van der Waals surface area contributed by atoms with Gasteiger partial charge in [0.05, 0.1) is 13.2 Å². The van der Waals surface area contributed by atoms with Gasteiger partial charge in [-0.15, -0.1) is 0 Å². The highest BCUT2D eigenvalue weighted by atomic mass is 79.9. The summed E-state index contributed by atoms with van der Waals surface area (Å²) in [7, 11) is 1.67. The highest BCUT2D eigenvalue weighted by Crippen LogP contribution is 2.37. The molecule has 1 heterocycles. The van der Waals surface area contributed by atoms with Gasteiger partial charge in [-0.25, -0.2) is 0 Å². The van der Waals surface area contributed by atoms with Crippen LogP contribution in [0.2, 0.25) is 0 Å². The third-order valence-electron chi connectivity index (χ3n) is 3.95. The first-order chi connectivity index (χ1) is 10.6. The second-order valence-electron chi connectivity index (χ2n) is 5.26. The largest absolute Gasteiger partial charge is 0.497 e. The molecular weight excluding hydrogens is 410 g/mol. The molecule has 1 amide bonds. The molecule has 0 aliphatic carbocycles. The summed E-state index contributed by atoms with van der Waals surface area (Å²) in [5.74, 6) is 0.854. The molecule has 3 nitrogen and oxygen atoms in total. The Morgan fingerprint density at radius 2 is 1.91 bits per heavy atom. The molecule has 2 aromatic carbocycles. The van der Waals surface area contributed by atoms with Gasteiger partial charge in [0.2, 0.25) is 6.41 Å². The number of hydrogen-bond acceptors (Lipinski definition) is 2. The number of carbonyl (C=O) groups excluding carboxylic acids is 1. The van der Waals surface area contributed by atoms with Crippen LogP contribution in [0.15, 0.2) is 45.3 Å². The number of rotatable bonds is 3. The molecular formula is C17H15Br2NO2. The van der Waals surface area contributed by atoms with E-state index in [9.17, 15) is 4.79 Å². The highest BCUT2D eigenvalue weighted by Gasteiger charge is 2.28. The number of hydrogen-bond donors (Lipinski definition) is 0. The highest BCUT2D eigenvalue weighted by molar-refractivity contribution is 9.11. The van der Waals surface area contributed by atoms with Gasteiger partial charge in [0, 0.05) is 15.5 Å². The van der Waals surface area contributed by atoms with Gasteiger partial charge in [0.15, 0.2) is 0 Å². The van der Waals surface area contributed by atoms with Gasteiger partial charge >= 0.3 is 0 Å². The number of fused-ring (bicyclic) bond motifs is 1. The standard InChI is InChI=1S/C17H15Br2NO2/c1-22-15-2-3-16-11(8-15)4-5-20(10-21)17(16)12-6-13(18)9-14(19)7-12/h2-3,6-10,17H,4-5H2,1H3. The third kappa shape index (κ3) is 2.92. The number of ether oxygens (including phenoxy) is 1. The minimum Gasteiger partial charge on any atom is -0.497 e. The number of methoxy groups -OCH3 is 1. The van der Waals surface area contributed by atoms with Gasteiger partial charge in [0.25, 0.3) is 0 Å². The van der Waals surface area contributed by atoms with Gasteiger partial charge in [-0.3, -0.25) is 4.79 Å². The molecule has 5 heteroatoms. The van der Waals surface area contributed by atoms with Crippen molar-refractivity contribution in [1.29, 1.82) is 0 Å². The van der Waals surface area contributed by atoms with Crippen molar-refractivity contribution < 1.29 is 9.53 Å². The Kier molecular flexibility index (Phi) is 4.54. The molecule has 1 unspecified atom stereocenters. The normalized spacial score (nSPS) is 17.0. The maximum absolute atomic E-state index is 11.5. The minimum absolute atomic E-state index is 0.0686. The maximum Gasteiger partial charge on any atom is 0.210 e. The van der Waals surface area contributed by atoms with E-state index in [0.29, 0.717) is 6.54 Å². The quantitative estimate of drug-likeness (QED) is 0.686. The number of benzene rings is 2.